The van der Waals surface area contributed by atoms with E-state index in [-0.39, 0.29) is 11.2 Å². The van der Waals surface area contributed by atoms with Crippen molar-refractivity contribution in [1.82, 2.24) is 10.2 Å². The molecule has 126 valence electrons. The summed E-state index contributed by atoms with van der Waals surface area (Å²) in [6, 6.07) is 6.86. The molecule has 1 aromatic carbocycles. The number of aromatic nitrogens is 2. The highest BCUT2D eigenvalue weighted by atomic mass is 32.2. The largest absolute Gasteiger partial charge is 0.415 e. The maximum absolute atomic E-state index is 13.7. The van der Waals surface area contributed by atoms with Crippen molar-refractivity contribution in [2.75, 3.05) is 0 Å². The second-order valence-electron chi connectivity index (χ2n) is 7.95. The molecule has 1 heterocycles. The molecule has 0 radical (unpaired) electrons. The molecule has 4 saturated carbocycles. The first-order chi connectivity index (χ1) is 11.7. The fourth-order valence-electron chi connectivity index (χ4n) is 5.61. The highest BCUT2D eigenvalue weighted by Crippen LogP contribution is 2.60. The van der Waals surface area contributed by atoms with Crippen molar-refractivity contribution in [3.63, 3.8) is 0 Å². The summed E-state index contributed by atoms with van der Waals surface area (Å²) in [6.07, 6.45) is 7.88. The van der Waals surface area contributed by atoms with E-state index in [2.05, 4.69) is 10.2 Å². The SMILES string of the molecule is Fc1ccccc1CSc1nnc(C23CC4CC(CC(C4)C2)C3)o1. The Morgan fingerprint density at radius 1 is 1.04 bits per heavy atom. The van der Waals surface area contributed by atoms with Gasteiger partial charge in [-0.05, 0) is 67.9 Å². The lowest BCUT2D eigenvalue weighted by atomic mass is 9.49. The second kappa shape index (κ2) is 5.58. The molecule has 2 aromatic rings. The van der Waals surface area contributed by atoms with Gasteiger partial charge in [0.1, 0.15) is 5.82 Å². The first-order valence-electron chi connectivity index (χ1n) is 8.90. The average Bonchev–Trinajstić information content (AvgIpc) is 3.03. The number of nitrogens with zero attached hydrogens (tertiary/aromatic N) is 2. The van der Waals surface area contributed by atoms with Crippen molar-refractivity contribution < 1.29 is 8.81 Å². The van der Waals surface area contributed by atoms with Gasteiger partial charge in [-0.1, -0.05) is 30.0 Å². The Morgan fingerprint density at radius 3 is 2.38 bits per heavy atom. The molecular formula is C19H21FN2OS. The number of hydrogen-bond acceptors (Lipinski definition) is 4. The van der Waals surface area contributed by atoms with Crippen LogP contribution in [0.5, 0.6) is 0 Å². The van der Waals surface area contributed by atoms with Crippen molar-refractivity contribution in [3.8, 4) is 0 Å². The smallest absolute Gasteiger partial charge is 0.276 e. The molecule has 3 nitrogen and oxygen atoms in total. The zero-order valence-electron chi connectivity index (χ0n) is 13.6. The third-order valence-corrected chi connectivity index (χ3v) is 7.07. The lowest BCUT2D eigenvalue weighted by Gasteiger charge is -2.55. The molecule has 0 N–H and O–H groups in total. The van der Waals surface area contributed by atoms with Gasteiger partial charge in [-0.15, -0.1) is 10.2 Å². The van der Waals surface area contributed by atoms with Gasteiger partial charge < -0.3 is 4.42 Å². The predicted octanol–water partition coefficient (Wildman–Crippen LogP) is 4.97. The van der Waals surface area contributed by atoms with E-state index in [4.69, 9.17) is 4.42 Å². The van der Waals surface area contributed by atoms with Crippen LogP contribution in [-0.2, 0) is 11.2 Å². The van der Waals surface area contributed by atoms with Gasteiger partial charge in [-0.3, -0.25) is 0 Å². The van der Waals surface area contributed by atoms with Crippen LogP contribution in [-0.4, -0.2) is 10.2 Å². The van der Waals surface area contributed by atoms with Crippen molar-refractivity contribution in [3.05, 3.63) is 41.5 Å². The molecule has 0 atom stereocenters. The van der Waals surface area contributed by atoms with Crippen LogP contribution >= 0.6 is 11.8 Å². The van der Waals surface area contributed by atoms with Crippen LogP contribution in [0.4, 0.5) is 4.39 Å². The molecule has 4 aliphatic carbocycles. The van der Waals surface area contributed by atoms with E-state index in [1.807, 2.05) is 6.07 Å². The van der Waals surface area contributed by atoms with Gasteiger partial charge in [0.25, 0.3) is 5.22 Å². The number of rotatable bonds is 4. The molecule has 0 unspecified atom stereocenters. The summed E-state index contributed by atoms with van der Waals surface area (Å²) in [7, 11) is 0. The molecule has 0 amide bonds. The molecule has 0 aliphatic heterocycles. The molecule has 4 bridgehead atoms. The average molecular weight is 344 g/mol. The Morgan fingerprint density at radius 2 is 1.71 bits per heavy atom. The zero-order chi connectivity index (χ0) is 16.1. The molecule has 4 aliphatic rings. The van der Waals surface area contributed by atoms with Crippen LogP contribution in [0.3, 0.4) is 0 Å². The maximum Gasteiger partial charge on any atom is 0.276 e. The lowest BCUT2D eigenvalue weighted by molar-refractivity contribution is -0.0191. The van der Waals surface area contributed by atoms with Crippen LogP contribution in [0.1, 0.15) is 50.0 Å². The summed E-state index contributed by atoms with van der Waals surface area (Å²) < 4.78 is 19.8. The van der Waals surface area contributed by atoms with E-state index < -0.39 is 0 Å². The normalized spacial score (nSPS) is 34.0. The van der Waals surface area contributed by atoms with Gasteiger partial charge in [0, 0.05) is 11.2 Å². The van der Waals surface area contributed by atoms with Gasteiger partial charge in [-0.2, -0.15) is 0 Å². The summed E-state index contributed by atoms with van der Waals surface area (Å²) in [4.78, 5) is 0. The van der Waals surface area contributed by atoms with E-state index in [0.29, 0.717) is 16.5 Å². The van der Waals surface area contributed by atoms with Gasteiger partial charge >= 0.3 is 0 Å². The van der Waals surface area contributed by atoms with E-state index in [1.54, 1.807) is 12.1 Å². The Kier molecular flexibility index (Phi) is 3.47. The minimum Gasteiger partial charge on any atom is -0.415 e. The Balaban J connectivity index is 1.33. The van der Waals surface area contributed by atoms with Crippen molar-refractivity contribution in [1.29, 1.82) is 0 Å². The fraction of sp³-hybridized carbons (Fsp3) is 0.579. The van der Waals surface area contributed by atoms with Crippen LogP contribution < -0.4 is 0 Å². The number of halogens is 1. The molecule has 24 heavy (non-hydrogen) atoms. The summed E-state index contributed by atoms with van der Waals surface area (Å²) in [5.41, 5.74) is 0.815. The number of hydrogen-bond donors (Lipinski definition) is 0. The fourth-order valence-corrected chi connectivity index (χ4v) is 6.36. The Hall–Kier alpha value is -1.36. The molecule has 0 saturated heterocycles. The second-order valence-corrected chi connectivity index (χ2v) is 8.88. The predicted molar refractivity (Wildman–Crippen MR) is 90.1 cm³/mol. The third kappa shape index (κ3) is 2.48. The summed E-state index contributed by atoms with van der Waals surface area (Å²) in [5.74, 6) is 3.77. The van der Waals surface area contributed by atoms with Crippen molar-refractivity contribution in [2.45, 2.75) is 54.9 Å². The minimum absolute atomic E-state index is 0.137. The first kappa shape index (κ1) is 14.9. The summed E-state index contributed by atoms with van der Waals surface area (Å²) >= 11 is 1.43. The summed E-state index contributed by atoms with van der Waals surface area (Å²) in [5, 5.41) is 9.22. The standard InChI is InChI=1S/C19H21FN2OS/c20-16-4-2-1-3-15(16)11-24-18-22-21-17(23-18)19-8-12-5-13(9-19)7-14(6-12)10-19/h1-4,12-14H,5-11H2. The molecule has 4 fully saturated rings. The first-order valence-corrected chi connectivity index (χ1v) is 9.89. The number of benzene rings is 1. The van der Waals surface area contributed by atoms with Crippen LogP contribution in [0.2, 0.25) is 0 Å². The van der Waals surface area contributed by atoms with Crippen LogP contribution in [0.25, 0.3) is 0 Å². The van der Waals surface area contributed by atoms with E-state index >= 15 is 0 Å². The quantitative estimate of drug-likeness (QED) is 0.734. The van der Waals surface area contributed by atoms with Gasteiger partial charge in [0.2, 0.25) is 5.89 Å². The van der Waals surface area contributed by atoms with Crippen molar-refractivity contribution in [2.24, 2.45) is 17.8 Å². The Bertz CT molecular complexity index is 724. The monoisotopic (exact) mass is 344 g/mol. The highest BCUT2D eigenvalue weighted by molar-refractivity contribution is 7.98. The minimum atomic E-state index is -0.175. The van der Waals surface area contributed by atoms with Gasteiger partial charge in [0.15, 0.2) is 0 Å². The van der Waals surface area contributed by atoms with Crippen LogP contribution in [0.15, 0.2) is 33.9 Å². The van der Waals surface area contributed by atoms with E-state index in [9.17, 15) is 4.39 Å². The van der Waals surface area contributed by atoms with Gasteiger partial charge in [-0.25, -0.2) is 4.39 Å². The molecule has 5 heteroatoms. The zero-order valence-corrected chi connectivity index (χ0v) is 14.4. The molecule has 1 aromatic heterocycles. The van der Waals surface area contributed by atoms with Gasteiger partial charge in [0.05, 0.1) is 0 Å². The van der Waals surface area contributed by atoms with Crippen LogP contribution in [0, 0.1) is 23.6 Å². The molecular weight excluding hydrogens is 323 g/mol. The van der Waals surface area contributed by atoms with E-state index in [0.717, 1.165) is 23.6 Å². The Labute approximate surface area is 145 Å². The topological polar surface area (TPSA) is 38.9 Å². The maximum atomic E-state index is 13.7. The van der Waals surface area contributed by atoms with E-state index in [1.165, 1.54) is 56.4 Å². The molecule has 0 spiro atoms. The number of thioether (sulfide) groups is 1. The lowest BCUT2D eigenvalue weighted by Crippen LogP contribution is -2.48. The molecule has 6 rings (SSSR count). The highest BCUT2D eigenvalue weighted by Gasteiger charge is 2.54. The van der Waals surface area contributed by atoms with Crippen molar-refractivity contribution >= 4 is 11.8 Å². The summed E-state index contributed by atoms with van der Waals surface area (Å²) in [6.45, 7) is 0. The third-order valence-electron chi connectivity index (χ3n) is 6.21.